The van der Waals surface area contributed by atoms with E-state index in [1.54, 1.807) is 0 Å². The smallest absolute Gasteiger partial charge is 0.221 e. The highest BCUT2D eigenvalue weighted by Gasteiger charge is 2.09. The summed E-state index contributed by atoms with van der Waals surface area (Å²) >= 11 is 0. The molecule has 1 amide bonds. The van der Waals surface area contributed by atoms with Gasteiger partial charge in [-0.1, -0.05) is 26.0 Å². The van der Waals surface area contributed by atoms with Crippen LogP contribution in [-0.4, -0.2) is 25.1 Å². The Hall–Kier alpha value is -1.55. The molecular weight excluding hydrogens is 252 g/mol. The molecule has 0 aliphatic rings. The topological polar surface area (TPSA) is 50.4 Å². The Morgan fingerprint density at radius 3 is 2.40 bits per heavy atom. The zero-order valence-corrected chi connectivity index (χ0v) is 12.9. The minimum atomic E-state index is 0.0113. The lowest BCUT2D eigenvalue weighted by Gasteiger charge is -2.15. The maximum Gasteiger partial charge on any atom is 0.221 e. The predicted octanol–water partition coefficient (Wildman–Crippen LogP) is 2.65. The maximum absolute atomic E-state index is 11.8. The van der Waals surface area contributed by atoms with E-state index in [4.69, 9.17) is 4.74 Å². The molecule has 0 spiro atoms. The number of hydrogen-bond acceptors (Lipinski definition) is 3. The van der Waals surface area contributed by atoms with Crippen LogP contribution in [0.3, 0.4) is 0 Å². The summed E-state index contributed by atoms with van der Waals surface area (Å²) in [7, 11) is 0. The van der Waals surface area contributed by atoms with Crippen LogP contribution in [0.4, 0.5) is 0 Å². The fraction of sp³-hybridized carbons (Fsp3) is 0.562. The van der Waals surface area contributed by atoms with Gasteiger partial charge in [0.25, 0.3) is 0 Å². The van der Waals surface area contributed by atoms with E-state index in [1.807, 2.05) is 38.1 Å². The molecule has 112 valence electrons. The zero-order chi connectivity index (χ0) is 15.0. The lowest BCUT2D eigenvalue weighted by molar-refractivity contribution is -0.121. The van der Waals surface area contributed by atoms with Crippen LogP contribution in [0.5, 0.6) is 5.75 Å². The van der Waals surface area contributed by atoms with Gasteiger partial charge in [0.1, 0.15) is 5.75 Å². The van der Waals surface area contributed by atoms with Gasteiger partial charge in [-0.15, -0.1) is 0 Å². The molecule has 1 aromatic carbocycles. The first kappa shape index (κ1) is 16.5. The number of nitrogens with one attached hydrogen (secondary N) is 2. The van der Waals surface area contributed by atoms with Crippen molar-refractivity contribution in [2.75, 3.05) is 13.2 Å². The van der Waals surface area contributed by atoms with Crippen molar-refractivity contribution in [2.24, 2.45) is 0 Å². The van der Waals surface area contributed by atoms with E-state index in [0.29, 0.717) is 25.6 Å². The number of carbonyl (C=O) groups is 1. The molecule has 1 rings (SSSR count). The highest BCUT2D eigenvalue weighted by molar-refractivity contribution is 5.76. The molecule has 0 radical (unpaired) electrons. The first-order valence-electron chi connectivity index (χ1n) is 7.28. The van der Waals surface area contributed by atoms with E-state index in [0.717, 1.165) is 11.3 Å². The van der Waals surface area contributed by atoms with Crippen molar-refractivity contribution in [3.63, 3.8) is 0 Å². The second-order valence-electron chi connectivity index (χ2n) is 5.15. The lowest BCUT2D eigenvalue weighted by Crippen LogP contribution is -2.31. The van der Waals surface area contributed by atoms with Crippen LogP contribution >= 0.6 is 0 Å². The first-order chi connectivity index (χ1) is 9.52. The SMILES string of the molecule is CCOc1ccc(C(C)NC(=O)CCNC(C)C)cc1. The van der Waals surface area contributed by atoms with Crippen molar-refractivity contribution in [2.45, 2.75) is 46.2 Å². The Morgan fingerprint density at radius 1 is 1.20 bits per heavy atom. The molecule has 4 nitrogen and oxygen atoms in total. The van der Waals surface area contributed by atoms with E-state index in [9.17, 15) is 4.79 Å². The number of hydrogen-bond donors (Lipinski definition) is 2. The van der Waals surface area contributed by atoms with Crippen molar-refractivity contribution in [1.29, 1.82) is 0 Å². The van der Waals surface area contributed by atoms with E-state index >= 15 is 0 Å². The molecule has 0 saturated heterocycles. The molecule has 0 saturated carbocycles. The number of carbonyl (C=O) groups excluding carboxylic acids is 1. The average molecular weight is 278 g/mol. The van der Waals surface area contributed by atoms with Gasteiger partial charge in [0.05, 0.1) is 12.6 Å². The van der Waals surface area contributed by atoms with E-state index < -0.39 is 0 Å². The Morgan fingerprint density at radius 2 is 1.85 bits per heavy atom. The van der Waals surface area contributed by atoms with Crippen molar-refractivity contribution < 1.29 is 9.53 Å². The summed E-state index contributed by atoms with van der Waals surface area (Å²) in [5, 5.41) is 6.24. The summed E-state index contributed by atoms with van der Waals surface area (Å²) in [4.78, 5) is 11.8. The van der Waals surface area contributed by atoms with Crippen molar-refractivity contribution in [3.8, 4) is 5.75 Å². The summed E-state index contributed by atoms with van der Waals surface area (Å²) < 4.78 is 5.40. The molecule has 1 atom stereocenters. The molecular formula is C16H26N2O2. The van der Waals surface area contributed by atoms with Gasteiger partial charge in [-0.25, -0.2) is 0 Å². The Bertz CT molecular complexity index is 401. The molecule has 0 aliphatic heterocycles. The summed E-state index contributed by atoms with van der Waals surface area (Å²) in [5.41, 5.74) is 1.08. The third-order valence-electron chi connectivity index (χ3n) is 2.97. The molecule has 4 heteroatoms. The van der Waals surface area contributed by atoms with Crippen LogP contribution in [-0.2, 0) is 4.79 Å². The summed E-state index contributed by atoms with van der Waals surface area (Å²) in [5.74, 6) is 0.926. The van der Waals surface area contributed by atoms with Gasteiger partial charge >= 0.3 is 0 Å². The quantitative estimate of drug-likeness (QED) is 0.768. The van der Waals surface area contributed by atoms with Crippen LogP contribution in [0.1, 0.15) is 45.7 Å². The number of amides is 1. The van der Waals surface area contributed by atoms with E-state index in [2.05, 4.69) is 24.5 Å². The Balaban J connectivity index is 2.41. The summed E-state index contributed by atoms with van der Waals surface area (Å²) in [6.07, 6.45) is 0.500. The van der Waals surface area contributed by atoms with Crippen LogP contribution in [0.25, 0.3) is 0 Å². The van der Waals surface area contributed by atoms with Gasteiger partial charge in [-0.05, 0) is 31.5 Å². The molecule has 0 bridgehead atoms. The number of ether oxygens (including phenoxy) is 1. The number of rotatable bonds is 8. The average Bonchev–Trinajstić information content (AvgIpc) is 2.39. The van der Waals surface area contributed by atoms with Crippen molar-refractivity contribution in [1.82, 2.24) is 10.6 Å². The van der Waals surface area contributed by atoms with E-state index in [1.165, 1.54) is 0 Å². The predicted molar refractivity (Wildman–Crippen MR) is 81.9 cm³/mol. The molecule has 1 unspecified atom stereocenters. The van der Waals surface area contributed by atoms with Gasteiger partial charge in [0.2, 0.25) is 5.91 Å². The van der Waals surface area contributed by atoms with Gasteiger partial charge in [-0.3, -0.25) is 4.79 Å². The molecule has 2 N–H and O–H groups in total. The van der Waals surface area contributed by atoms with E-state index in [-0.39, 0.29) is 11.9 Å². The van der Waals surface area contributed by atoms with Crippen LogP contribution in [0.2, 0.25) is 0 Å². The third-order valence-corrected chi connectivity index (χ3v) is 2.97. The van der Waals surface area contributed by atoms with Crippen molar-refractivity contribution in [3.05, 3.63) is 29.8 Å². The Kier molecular flexibility index (Phi) is 7.09. The molecule has 0 aromatic heterocycles. The zero-order valence-electron chi connectivity index (χ0n) is 12.9. The Labute approximate surface area is 121 Å². The molecule has 20 heavy (non-hydrogen) atoms. The second-order valence-corrected chi connectivity index (χ2v) is 5.15. The molecule has 1 aromatic rings. The van der Waals surface area contributed by atoms with Crippen LogP contribution < -0.4 is 15.4 Å². The monoisotopic (exact) mass is 278 g/mol. The molecule has 0 aliphatic carbocycles. The number of benzene rings is 1. The maximum atomic E-state index is 11.8. The molecule has 0 fully saturated rings. The van der Waals surface area contributed by atoms with Gasteiger partial charge in [0, 0.05) is 19.0 Å². The summed E-state index contributed by atoms with van der Waals surface area (Å²) in [6, 6.07) is 8.26. The standard InChI is InChI=1S/C16H26N2O2/c1-5-20-15-8-6-14(7-9-15)13(4)18-16(19)10-11-17-12(2)3/h6-9,12-13,17H,5,10-11H2,1-4H3,(H,18,19). The van der Waals surface area contributed by atoms with Gasteiger partial charge in [0.15, 0.2) is 0 Å². The molecule has 0 heterocycles. The minimum Gasteiger partial charge on any atom is -0.494 e. The van der Waals surface area contributed by atoms with Crippen LogP contribution in [0, 0.1) is 0 Å². The lowest BCUT2D eigenvalue weighted by atomic mass is 10.1. The normalized spacial score (nSPS) is 12.2. The fourth-order valence-corrected chi connectivity index (χ4v) is 1.89. The summed E-state index contributed by atoms with van der Waals surface area (Å²) in [6.45, 7) is 9.46. The highest BCUT2D eigenvalue weighted by Crippen LogP contribution is 2.17. The van der Waals surface area contributed by atoms with Crippen molar-refractivity contribution >= 4 is 5.91 Å². The van der Waals surface area contributed by atoms with Gasteiger partial charge < -0.3 is 15.4 Å². The first-order valence-corrected chi connectivity index (χ1v) is 7.28. The van der Waals surface area contributed by atoms with Crippen LogP contribution in [0.15, 0.2) is 24.3 Å². The minimum absolute atomic E-state index is 0.0113. The fourth-order valence-electron chi connectivity index (χ4n) is 1.89. The largest absolute Gasteiger partial charge is 0.494 e. The highest BCUT2D eigenvalue weighted by atomic mass is 16.5. The second kappa shape index (κ2) is 8.59. The van der Waals surface area contributed by atoms with Gasteiger partial charge in [-0.2, -0.15) is 0 Å². The third kappa shape index (κ3) is 6.06.